The summed E-state index contributed by atoms with van der Waals surface area (Å²) < 4.78 is 0. The van der Waals surface area contributed by atoms with Crippen LogP contribution in [-0.2, 0) is 0 Å². The fraction of sp³-hybridized carbons (Fsp3) is 0.105. The molecule has 2 heterocycles. The van der Waals surface area contributed by atoms with E-state index in [0.29, 0.717) is 5.56 Å². The Kier molecular flexibility index (Phi) is 4.43. The Morgan fingerprint density at radius 1 is 0.957 bits per heavy atom. The van der Waals surface area contributed by atoms with Crippen molar-refractivity contribution < 1.29 is 4.79 Å². The van der Waals surface area contributed by atoms with Crippen LogP contribution < -0.4 is 5.32 Å². The highest BCUT2D eigenvalue weighted by Gasteiger charge is 2.12. The molecular formula is C19H17N3O. The van der Waals surface area contributed by atoms with Crippen LogP contribution >= 0.6 is 0 Å². The van der Waals surface area contributed by atoms with Crippen molar-refractivity contribution in [1.82, 2.24) is 15.3 Å². The maximum Gasteiger partial charge on any atom is 0.253 e. The molecule has 0 fully saturated rings. The van der Waals surface area contributed by atoms with E-state index in [-0.39, 0.29) is 11.9 Å². The summed E-state index contributed by atoms with van der Waals surface area (Å²) in [5.41, 5.74) is 3.49. The van der Waals surface area contributed by atoms with Crippen LogP contribution in [0.5, 0.6) is 0 Å². The molecule has 1 amide bonds. The maximum atomic E-state index is 12.4. The Morgan fingerprint density at radius 2 is 1.70 bits per heavy atom. The van der Waals surface area contributed by atoms with Crippen molar-refractivity contribution in [2.75, 3.05) is 0 Å². The Balaban J connectivity index is 1.78. The third kappa shape index (κ3) is 3.61. The number of carbonyl (C=O) groups is 1. The first-order chi connectivity index (χ1) is 11.2. The number of hydrogen-bond donors (Lipinski definition) is 1. The summed E-state index contributed by atoms with van der Waals surface area (Å²) in [4.78, 5) is 20.6. The highest BCUT2D eigenvalue weighted by atomic mass is 16.1. The van der Waals surface area contributed by atoms with Gasteiger partial charge in [0, 0.05) is 30.4 Å². The first-order valence-corrected chi connectivity index (χ1v) is 7.45. The predicted molar refractivity (Wildman–Crippen MR) is 89.8 cm³/mol. The lowest BCUT2D eigenvalue weighted by atomic mass is 10.1. The number of nitrogens with zero attached hydrogens (tertiary/aromatic N) is 2. The molecule has 0 aliphatic heterocycles. The van der Waals surface area contributed by atoms with E-state index in [2.05, 4.69) is 15.3 Å². The van der Waals surface area contributed by atoms with E-state index in [1.807, 2.05) is 55.5 Å². The Hall–Kier alpha value is -3.01. The van der Waals surface area contributed by atoms with E-state index < -0.39 is 0 Å². The quantitative estimate of drug-likeness (QED) is 0.800. The van der Waals surface area contributed by atoms with Crippen LogP contribution in [0.2, 0.25) is 0 Å². The van der Waals surface area contributed by atoms with E-state index in [4.69, 9.17) is 0 Å². The maximum absolute atomic E-state index is 12.4. The van der Waals surface area contributed by atoms with E-state index in [1.165, 1.54) is 0 Å². The molecule has 3 rings (SSSR count). The first kappa shape index (κ1) is 14.9. The fourth-order valence-corrected chi connectivity index (χ4v) is 2.37. The Bertz CT molecular complexity index is 788. The molecule has 4 heteroatoms. The summed E-state index contributed by atoms with van der Waals surface area (Å²) in [7, 11) is 0. The molecule has 1 N–H and O–H groups in total. The molecule has 0 aliphatic rings. The van der Waals surface area contributed by atoms with E-state index in [1.54, 1.807) is 24.8 Å². The van der Waals surface area contributed by atoms with Crippen molar-refractivity contribution in [3.8, 4) is 11.1 Å². The van der Waals surface area contributed by atoms with Gasteiger partial charge < -0.3 is 5.32 Å². The topological polar surface area (TPSA) is 54.9 Å². The summed E-state index contributed by atoms with van der Waals surface area (Å²) in [6.45, 7) is 1.97. The molecule has 0 unspecified atom stereocenters. The van der Waals surface area contributed by atoms with Gasteiger partial charge in [0.2, 0.25) is 0 Å². The van der Waals surface area contributed by atoms with E-state index >= 15 is 0 Å². The lowest BCUT2D eigenvalue weighted by Crippen LogP contribution is -2.26. The highest BCUT2D eigenvalue weighted by molar-refractivity contribution is 5.95. The van der Waals surface area contributed by atoms with Crippen LogP contribution in [0.15, 0.2) is 73.3 Å². The summed E-state index contributed by atoms with van der Waals surface area (Å²) in [5, 5.41) is 3.00. The summed E-state index contributed by atoms with van der Waals surface area (Å²) in [6.07, 6.45) is 6.77. The van der Waals surface area contributed by atoms with Crippen molar-refractivity contribution in [1.29, 1.82) is 0 Å². The van der Waals surface area contributed by atoms with Gasteiger partial charge >= 0.3 is 0 Å². The Labute approximate surface area is 135 Å². The lowest BCUT2D eigenvalue weighted by Gasteiger charge is -2.14. The predicted octanol–water partition coefficient (Wildman–Crippen LogP) is 3.63. The van der Waals surface area contributed by atoms with Crippen LogP contribution in [0.3, 0.4) is 0 Å². The SMILES string of the molecule is C[C@@H](NC(=O)c1cncc(-c2ccncc2)c1)c1ccccc1. The molecule has 4 nitrogen and oxygen atoms in total. The molecule has 1 atom stereocenters. The van der Waals surface area contributed by atoms with Gasteiger partial charge in [-0.1, -0.05) is 30.3 Å². The zero-order valence-electron chi connectivity index (χ0n) is 12.8. The number of hydrogen-bond acceptors (Lipinski definition) is 3. The standard InChI is InChI=1S/C19H17N3O/c1-14(15-5-3-2-4-6-15)22-19(23)18-11-17(12-21-13-18)16-7-9-20-10-8-16/h2-14H,1H3,(H,22,23)/t14-/m1/s1. The average molecular weight is 303 g/mol. The van der Waals surface area contributed by atoms with Gasteiger partial charge in [-0.05, 0) is 36.2 Å². The molecule has 0 saturated heterocycles. The molecule has 0 bridgehead atoms. The van der Waals surface area contributed by atoms with Gasteiger partial charge in [-0.3, -0.25) is 14.8 Å². The molecule has 0 radical (unpaired) electrons. The van der Waals surface area contributed by atoms with Crippen LogP contribution in [0.25, 0.3) is 11.1 Å². The molecule has 1 aromatic carbocycles. The number of amides is 1. The largest absolute Gasteiger partial charge is 0.345 e. The lowest BCUT2D eigenvalue weighted by molar-refractivity contribution is 0.0939. The van der Waals surface area contributed by atoms with Gasteiger partial charge in [0.05, 0.1) is 11.6 Å². The summed E-state index contributed by atoms with van der Waals surface area (Å²) in [6, 6.07) is 15.4. The molecule has 2 aromatic heterocycles. The first-order valence-electron chi connectivity index (χ1n) is 7.45. The summed E-state index contributed by atoms with van der Waals surface area (Å²) >= 11 is 0. The molecule has 114 valence electrons. The molecule has 0 spiro atoms. The molecular weight excluding hydrogens is 286 g/mol. The number of carbonyl (C=O) groups excluding carboxylic acids is 1. The van der Waals surface area contributed by atoms with E-state index in [9.17, 15) is 4.79 Å². The third-order valence-electron chi connectivity index (χ3n) is 3.66. The minimum atomic E-state index is -0.134. The van der Waals surface area contributed by atoms with Gasteiger partial charge in [0.25, 0.3) is 5.91 Å². The number of benzene rings is 1. The summed E-state index contributed by atoms with van der Waals surface area (Å²) in [5.74, 6) is -0.134. The zero-order valence-corrected chi connectivity index (χ0v) is 12.8. The molecule has 0 saturated carbocycles. The van der Waals surface area contributed by atoms with Crippen LogP contribution in [0.1, 0.15) is 28.9 Å². The van der Waals surface area contributed by atoms with Gasteiger partial charge in [0.15, 0.2) is 0 Å². The normalized spacial score (nSPS) is 11.7. The van der Waals surface area contributed by atoms with Crippen molar-refractivity contribution in [3.05, 3.63) is 84.4 Å². The van der Waals surface area contributed by atoms with E-state index in [0.717, 1.165) is 16.7 Å². The second-order valence-electron chi connectivity index (χ2n) is 5.30. The fourth-order valence-electron chi connectivity index (χ4n) is 2.37. The van der Waals surface area contributed by atoms with Crippen molar-refractivity contribution >= 4 is 5.91 Å². The smallest absolute Gasteiger partial charge is 0.253 e. The van der Waals surface area contributed by atoms with Gasteiger partial charge in [-0.2, -0.15) is 0 Å². The van der Waals surface area contributed by atoms with Crippen molar-refractivity contribution in [2.24, 2.45) is 0 Å². The van der Waals surface area contributed by atoms with Crippen LogP contribution in [0, 0.1) is 0 Å². The number of pyridine rings is 2. The van der Waals surface area contributed by atoms with Crippen LogP contribution in [0.4, 0.5) is 0 Å². The second-order valence-corrected chi connectivity index (χ2v) is 5.30. The third-order valence-corrected chi connectivity index (χ3v) is 3.66. The molecule has 0 aliphatic carbocycles. The number of aromatic nitrogens is 2. The minimum Gasteiger partial charge on any atom is -0.345 e. The number of nitrogens with one attached hydrogen (secondary N) is 1. The van der Waals surface area contributed by atoms with Crippen molar-refractivity contribution in [2.45, 2.75) is 13.0 Å². The zero-order chi connectivity index (χ0) is 16.1. The van der Waals surface area contributed by atoms with Crippen molar-refractivity contribution in [3.63, 3.8) is 0 Å². The number of rotatable bonds is 4. The second kappa shape index (κ2) is 6.83. The van der Waals surface area contributed by atoms with Gasteiger partial charge in [0.1, 0.15) is 0 Å². The minimum absolute atomic E-state index is 0.0618. The van der Waals surface area contributed by atoms with Gasteiger partial charge in [-0.15, -0.1) is 0 Å². The van der Waals surface area contributed by atoms with Crippen LogP contribution in [-0.4, -0.2) is 15.9 Å². The monoisotopic (exact) mass is 303 g/mol. The Morgan fingerprint density at radius 3 is 2.43 bits per heavy atom. The molecule has 3 aromatic rings. The highest BCUT2D eigenvalue weighted by Crippen LogP contribution is 2.19. The average Bonchev–Trinajstić information content (AvgIpc) is 2.63. The van der Waals surface area contributed by atoms with Gasteiger partial charge in [-0.25, -0.2) is 0 Å². The molecule has 23 heavy (non-hydrogen) atoms.